The van der Waals surface area contributed by atoms with Gasteiger partial charge in [-0.1, -0.05) is 179 Å². The molecule has 52 heavy (non-hydrogen) atoms. The standard InChI is InChI=1S/C46H85NO5/c1-3-5-7-9-11-13-15-17-19-21-23-25-27-30-34-38-43(39-35-31-29-32-36-40-44(48)47-42-45(49)50)52-46(51)41-37-33-28-26-24-22-20-18-16-14-12-10-8-6-4-2/h12,14,18,20,43H,3-11,13,15-17,19,21-42H2,1-2H3,(H,47,48)(H,49,50)/b14-12-,20-18-. The minimum Gasteiger partial charge on any atom is -0.480 e. The van der Waals surface area contributed by atoms with Gasteiger partial charge in [0.1, 0.15) is 12.6 Å². The highest BCUT2D eigenvalue weighted by atomic mass is 16.5. The minimum atomic E-state index is -1.01. The number of unbranched alkanes of at least 4 members (excludes halogenated alkanes) is 26. The molecule has 0 bridgehead atoms. The molecule has 0 spiro atoms. The molecule has 6 nitrogen and oxygen atoms in total. The van der Waals surface area contributed by atoms with Gasteiger partial charge < -0.3 is 15.2 Å². The van der Waals surface area contributed by atoms with Crippen LogP contribution in [0.25, 0.3) is 0 Å². The highest BCUT2D eigenvalue weighted by Crippen LogP contribution is 2.19. The van der Waals surface area contributed by atoms with Gasteiger partial charge in [-0.15, -0.1) is 0 Å². The molecule has 304 valence electrons. The Bertz CT molecular complexity index is 854. The number of esters is 1. The van der Waals surface area contributed by atoms with Crippen molar-refractivity contribution in [2.75, 3.05) is 6.54 Å². The summed E-state index contributed by atoms with van der Waals surface area (Å²) in [5.41, 5.74) is 0. The summed E-state index contributed by atoms with van der Waals surface area (Å²) in [5, 5.41) is 11.1. The monoisotopic (exact) mass is 732 g/mol. The Morgan fingerprint density at radius 3 is 1.37 bits per heavy atom. The number of nitrogens with one attached hydrogen (secondary N) is 1. The van der Waals surface area contributed by atoms with Gasteiger partial charge in [-0.3, -0.25) is 14.4 Å². The normalized spacial score (nSPS) is 12.2. The molecule has 2 N–H and O–H groups in total. The predicted molar refractivity (Wildman–Crippen MR) is 222 cm³/mol. The Kier molecular flexibility index (Phi) is 40.0. The highest BCUT2D eigenvalue weighted by molar-refractivity contribution is 5.80. The molecule has 1 atom stereocenters. The van der Waals surface area contributed by atoms with Crippen LogP contribution >= 0.6 is 0 Å². The summed E-state index contributed by atoms with van der Waals surface area (Å²) in [7, 11) is 0. The Morgan fingerprint density at radius 2 is 0.885 bits per heavy atom. The average Bonchev–Trinajstić information content (AvgIpc) is 3.13. The van der Waals surface area contributed by atoms with Crippen molar-refractivity contribution in [1.82, 2.24) is 5.32 Å². The van der Waals surface area contributed by atoms with Crippen LogP contribution in [0.4, 0.5) is 0 Å². The first-order chi connectivity index (χ1) is 25.5. The summed E-state index contributed by atoms with van der Waals surface area (Å²) < 4.78 is 6.04. The molecule has 0 saturated heterocycles. The van der Waals surface area contributed by atoms with Crippen molar-refractivity contribution in [3.63, 3.8) is 0 Å². The first-order valence-electron chi connectivity index (χ1n) is 22.5. The second-order valence-electron chi connectivity index (χ2n) is 15.3. The van der Waals surface area contributed by atoms with E-state index in [1.54, 1.807) is 0 Å². The molecule has 1 amide bonds. The molecular weight excluding hydrogens is 647 g/mol. The Labute approximate surface area is 322 Å². The van der Waals surface area contributed by atoms with Crippen LogP contribution in [0.1, 0.15) is 239 Å². The topological polar surface area (TPSA) is 92.7 Å². The van der Waals surface area contributed by atoms with Gasteiger partial charge in [0, 0.05) is 12.8 Å². The second kappa shape index (κ2) is 41.6. The zero-order valence-electron chi connectivity index (χ0n) is 34.4. The first-order valence-corrected chi connectivity index (χ1v) is 22.5. The summed E-state index contributed by atoms with van der Waals surface area (Å²) in [6.45, 7) is 4.22. The predicted octanol–water partition coefficient (Wildman–Crippen LogP) is 13.9. The molecule has 0 aromatic rings. The van der Waals surface area contributed by atoms with Crippen molar-refractivity contribution in [3.8, 4) is 0 Å². The fourth-order valence-electron chi connectivity index (χ4n) is 6.78. The Hall–Kier alpha value is -2.11. The number of aliphatic carboxylic acids is 1. The number of ether oxygens (including phenoxy) is 1. The maximum Gasteiger partial charge on any atom is 0.322 e. The van der Waals surface area contributed by atoms with Crippen LogP contribution in [-0.4, -0.2) is 35.6 Å². The second-order valence-corrected chi connectivity index (χ2v) is 15.3. The molecular formula is C46H85NO5. The van der Waals surface area contributed by atoms with Crippen molar-refractivity contribution in [2.45, 2.75) is 245 Å². The number of hydrogen-bond acceptors (Lipinski definition) is 4. The molecule has 0 aliphatic rings. The van der Waals surface area contributed by atoms with E-state index in [-0.39, 0.29) is 24.5 Å². The van der Waals surface area contributed by atoms with Gasteiger partial charge in [-0.2, -0.15) is 0 Å². The molecule has 0 heterocycles. The lowest BCUT2D eigenvalue weighted by atomic mass is 10.0. The lowest BCUT2D eigenvalue weighted by Gasteiger charge is -2.18. The van der Waals surface area contributed by atoms with Crippen molar-refractivity contribution in [2.24, 2.45) is 0 Å². The van der Waals surface area contributed by atoms with E-state index in [4.69, 9.17) is 9.84 Å². The van der Waals surface area contributed by atoms with E-state index in [0.29, 0.717) is 12.8 Å². The Morgan fingerprint density at radius 1 is 0.500 bits per heavy atom. The fourth-order valence-corrected chi connectivity index (χ4v) is 6.78. The summed E-state index contributed by atoms with van der Waals surface area (Å²) >= 11 is 0. The van der Waals surface area contributed by atoms with Gasteiger partial charge >= 0.3 is 11.9 Å². The number of allylic oxidation sites excluding steroid dienone is 4. The number of carboxylic acid groups (broad SMARTS) is 1. The quantitative estimate of drug-likeness (QED) is 0.0371. The van der Waals surface area contributed by atoms with Crippen molar-refractivity contribution >= 4 is 17.8 Å². The summed E-state index contributed by atoms with van der Waals surface area (Å²) in [4.78, 5) is 35.1. The van der Waals surface area contributed by atoms with Gasteiger partial charge in [0.2, 0.25) is 5.91 Å². The smallest absolute Gasteiger partial charge is 0.322 e. The molecule has 6 heteroatoms. The highest BCUT2D eigenvalue weighted by Gasteiger charge is 2.14. The van der Waals surface area contributed by atoms with E-state index >= 15 is 0 Å². The molecule has 0 aromatic heterocycles. The number of hydrogen-bond donors (Lipinski definition) is 2. The summed E-state index contributed by atoms with van der Waals surface area (Å²) in [6, 6.07) is 0. The maximum absolute atomic E-state index is 12.8. The van der Waals surface area contributed by atoms with Crippen LogP contribution < -0.4 is 5.32 Å². The molecule has 0 radical (unpaired) electrons. The van der Waals surface area contributed by atoms with Gasteiger partial charge in [0.15, 0.2) is 0 Å². The molecule has 0 aromatic carbocycles. The van der Waals surface area contributed by atoms with Crippen LogP contribution in [0.3, 0.4) is 0 Å². The SMILES string of the molecule is CCCCC/C=C\C/C=C\CCCCCCCC(=O)OC(CCCCCCCCCCCCCCCCC)CCCCCCCC(=O)NCC(=O)O. The molecule has 0 aliphatic heterocycles. The molecule has 1 unspecified atom stereocenters. The number of carbonyl (C=O) groups excluding carboxylic acids is 2. The first kappa shape index (κ1) is 49.9. The molecule has 0 saturated carbocycles. The van der Waals surface area contributed by atoms with Crippen LogP contribution in [-0.2, 0) is 19.1 Å². The number of carbonyl (C=O) groups is 3. The number of carboxylic acids is 1. The van der Waals surface area contributed by atoms with E-state index in [1.807, 2.05) is 0 Å². The van der Waals surface area contributed by atoms with Crippen molar-refractivity contribution < 1.29 is 24.2 Å². The third-order valence-corrected chi connectivity index (χ3v) is 10.1. The van der Waals surface area contributed by atoms with E-state index < -0.39 is 5.97 Å². The molecule has 0 aliphatic carbocycles. The van der Waals surface area contributed by atoms with Gasteiger partial charge in [-0.05, 0) is 70.6 Å². The third-order valence-electron chi connectivity index (χ3n) is 10.1. The van der Waals surface area contributed by atoms with E-state index in [9.17, 15) is 14.4 Å². The van der Waals surface area contributed by atoms with Crippen LogP contribution in [0, 0.1) is 0 Å². The van der Waals surface area contributed by atoms with Gasteiger partial charge in [-0.25, -0.2) is 0 Å². The zero-order valence-corrected chi connectivity index (χ0v) is 34.4. The van der Waals surface area contributed by atoms with Crippen LogP contribution in [0.2, 0.25) is 0 Å². The van der Waals surface area contributed by atoms with E-state index in [2.05, 4.69) is 43.5 Å². The number of amides is 1. The summed E-state index contributed by atoms with van der Waals surface area (Å²) in [6.07, 6.45) is 50.1. The lowest BCUT2D eigenvalue weighted by Crippen LogP contribution is -2.28. The van der Waals surface area contributed by atoms with Crippen LogP contribution in [0.15, 0.2) is 24.3 Å². The fraction of sp³-hybridized carbons (Fsp3) is 0.848. The number of rotatable bonds is 41. The maximum atomic E-state index is 12.8. The Balaban J connectivity index is 4.18. The van der Waals surface area contributed by atoms with Crippen LogP contribution in [0.5, 0.6) is 0 Å². The van der Waals surface area contributed by atoms with Crippen molar-refractivity contribution in [1.29, 1.82) is 0 Å². The molecule has 0 rings (SSSR count). The lowest BCUT2D eigenvalue weighted by molar-refractivity contribution is -0.150. The van der Waals surface area contributed by atoms with Gasteiger partial charge in [0.05, 0.1) is 0 Å². The van der Waals surface area contributed by atoms with E-state index in [1.165, 1.54) is 135 Å². The summed E-state index contributed by atoms with van der Waals surface area (Å²) in [5.74, 6) is -1.23. The molecule has 0 fully saturated rings. The van der Waals surface area contributed by atoms with Crippen molar-refractivity contribution in [3.05, 3.63) is 24.3 Å². The average molecular weight is 732 g/mol. The minimum absolute atomic E-state index is 0.0224. The van der Waals surface area contributed by atoms with E-state index in [0.717, 1.165) is 77.0 Å². The largest absolute Gasteiger partial charge is 0.480 e. The third kappa shape index (κ3) is 40.7. The van der Waals surface area contributed by atoms with Gasteiger partial charge in [0.25, 0.3) is 0 Å². The zero-order chi connectivity index (χ0) is 38.0.